The van der Waals surface area contributed by atoms with Crippen LogP contribution in [-0.2, 0) is 0 Å². The van der Waals surface area contributed by atoms with Gasteiger partial charge >= 0.3 is 0 Å². The molecule has 2 nitrogen and oxygen atoms in total. The molecule has 3 heteroatoms. The van der Waals surface area contributed by atoms with Crippen LogP contribution >= 0.6 is 15.9 Å². The van der Waals surface area contributed by atoms with Gasteiger partial charge in [-0.25, -0.2) is 0 Å². The predicted molar refractivity (Wildman–Crippen MR) is 74.6 cm³/mol. The van der Waals surface area contributed by atoms with E-state index in [1.165, 1.54) is 45.1 Å². The minimum Gasteiger partial charge on any atom is -0.359 e. The van der Waals surface area contributed by atoms with Crippen molar-refractivity contribution in [3.8, 4) is 0 Å². The predicted octanol–water partition coefficient (Wildman–Crippen LogP) is 3.79. The van der Waals surface area contributed by atoms with Crippen LogP contribution < -0.4 is 0 Å². The Morgan fingerprint density at radius 2 is 1.56 bits per heavy atom. The van der Waals surface area contributed by atoms with Gasteiger partial charge in [0, 0.05) is 30.8 Å². The van der Waals surface area contributed by atoms with Crippen LogP contribution in [0.3, 0.4) is 0 Å². The first-order valence-corrected chi connectivity index (χ1v) is 7.71. The lowest BCUT2D eigenvalue weighted by atomic mass is 10.1. The number of hydrogen-bond acceptors (Lipinski definition) is 2. The van der Waals surface area contributed by atoms with Crippen molar-refractivity contribution < 1.29 is 0 Å². The van der Waals surface area contributed by atoms with Crippen LogP contribution in [0.1, 0.15) is 45.4 Å². The van der Waals surface area contributed by atoms with Crippen LogP contribution in [0.15, 0.2) is 12.4 Å². The molecule has 0 aromatic heterocycles. The molecular weight excluding hydrogens is 264 g/mol. The van der Waals surface area contributed by atoms with Gasteiger partial charge in [-0.15, -0.1) is 0 Å². The van der Waals surface area contributed by atoms with Gasteiger partial charge in [-0.3, -0.25) is 0 Å². The van der Waals surface area contributed by atoms with E-state index in [4.69, 9.17) is 0 Å². The van der Waals surface area contributed by atoms with Gasteiger partial charge < -0.3 is 9.80 Å². The average molecular weight is 289 g/mol. The summed E-state index contributed by atoms with van der Waals surface area (Å²) in [6, 6.07) is 0. The van der Waals surface area contributed by atoms with E-state index in [0.29, 0.717) is 0 Å². The van der Waals surface area contributed by atoms with Crippen LogP contribution in [0.25, 0.3) is 0 Å². The molecule has 0 N–H and O–H groups in total. The minimum atomic E-state index is 1.06. The molecule has 1 aliphatic rings. The van der Waals surface area contributed by atoms with Gasteiger partial charge in [-0.2, -0.15) is 0 Å². The summed E-state index contributed by atoms with van der Waals surface area (Å²) in [5, 5.41) is 1.06. The van der Waals surface area contributed by atoms with Crippen LogP contribution in [0.4, 0.5) is 0 Å². The molecule has 0 aliphatic carbocycles. The fourth-order valence-electron chi connectivity index (χ4n) is 2.01. The molecule has 0 bridgehead atoms. The van der Waals surface area contributed by atoms with Gasteiger partial charge in [0.05, 0.1) is 6.67 Å². The highest BCUT2D eigenvalue weighted by Crippen LogP contribution is 2.10. The Morgan fingerprint density at radius 3 is 2.25 bits per heavy atom. The Bertz CT molecular complexity index is 194. The molecule has 1 aliphatic heterocycles. The van der Waals surface area contributed by atoms with Gasteiger partial charge in [0.25, 0.3) is 0 Å². The largest absolute Gasteiger partial charge is 0.359 e. The lowest BCUT2D eigenvalue weighted by molar-refractivity contribution is 0.270. The van der Waals surface area contributed by atoms with Crippen LogP contribution in [0.2, 0.25) is 0 Å². The Kier molecular flexibility index (Phi) is 7.73. The molecule has 1 rings (SSSR count). The zero-order valence-corrected chi connectivity index (χ0v) is 12.1. The Morgan fingerprint density at radius 1 is 0.938 bits per heavy atom. The van der Waals surface area contributed by atoms with Gasteiger partial charge in [0.15, 0.2) is 0 Å². The third-order valence-corrected chi connectivity index (χ3v) is 3.38. The first-order chi connectivity index (χ1) is 7.86. The summed E-state index contributed by atoms with van der Waals surface area (Å²) in [5.74, 6) is 0. The molecule has 0 saturated heterocycles. The van der Waals surface area contributed by atoms with Crippen molar-refractivity contribution in [3.63, 3.8) is 0 Å². The fourth-order valence-corrected chi connectivity index (χ4v) is 2.47. The molecule has 0 atom stereocenters. The van der Waals surface area contributed by atoms with Crippen molar-refractivity contribution >= 4 is 15.9 Å². The Labute approximate surface area is 109 Å². The molecule has 16 heavy (non-hydrogen) atoms. The summed E-state index contributed by atoms with van der Waals surface area (Å²) in [4.78, 5) is 4.77. The smallest absolute Gasteiger partial charge is 0.0894 e. The molecule has 94 valence electrons. The molecule has 0 saturated carbocycles. The molecule has 0 radical (unpaired) electrons. The maximum atomic E-state index is 3.47. The van der Waals surface area contributed by atoms with Gasteiger partial charge in [-0.1, -0.05) is 55.0 Å². The molecule has 0 spiro atoms. The molecule has 0 unspecified atom stereocenters. The third-order valence-electron chi connectivity index (χ3n) is 3.02. The summed E-state index contributed by atoms with van der Waals surface area (Å²) < 4.78 is 0. The topological polar surface area (TPSA) is 6.48 Å². The second-order valence-corrected chi connectivity index (χ2v) is 5.31. The summed E-state index contributed by atoms with van der Waals surface area (Å²) >= 11 is 3.47. The average Bonchev–Trinajstić information content (AvgIpc) is 2.72. The SMILES string of the molecule is CCCCCCCCN1C=CN(CCBr)C1. The quantitative estimate of drug-likeness (QED) is 0.471. The number of nitrogens with zero attached hydrogens (tertiary/aromatic N) is 2. The number of halogens is 1. The monoisotopic (exact) mass is 288 g/mol. The normalized spacial score (nSPS) is 15.1. The molecule has 1 heterocycles. The second-order valence-electron chi connectivity index (χ2n) is 4.52. The van der Waals surface area contributed by atoms with Crippen molar-refractivity contribution in [1.29, 1.82) is 0 Å². The first kappa shape index (κ1) is 13.9. The number of rotatable bonds is 9. The lowest BCUT2D eigenvalue weighted by Gasteiger charge is -2.20. The maximum absolute atomic E-state index is 3.47. The van der Waals surface area contributed by atoms with Crippen LogP contribution in [-0.4, -0.2) is 34.9 Å². The number of alkyl halides is 1. The van der Waals surface area contributed by atoms with Gasteiger partial charge in [0.1, 0.15) is 0 Å². The van der Waals surface area contributed by atoms with E-state index >= 15 is 0 Å². The zero-order valence-electron chi connectivity index (χ0n) is 10.5. The van der Waals surface area contributed by atoms with E-state index in [1.807, 2.05) is 0 Å². The highest BCUT2D eigenvalue weighted by Gasteiger charge is 2.10. The Hall–Kier alpha value is -0.180. The van der Waals surface area contributed by atoms with E-state index in [1.54, 1.807) is 0 Å². The number of hydrogen-bond donors (Lipinski definition) is 0. The molecule has 0 aromatic rings. The summed E-state index contributed by atoms with van der Waals surface area (Å²) in [5.41, 5.74) is 0. The van der Waals surface area contributed by atoms with E-state index < -0.39 is 0 Å². The van der Waals surface area contributed by atoms with E-state index in [9.17, 15) is 0 Å². The van der Waals surface area contributed by atoms with Crippen molar-refractivity contribution in [2.75, 3.05) is 25.1 Å². The highest BCUT2D eigenvalue weighted by atomic mass is 79.9. The van der Waals surface area contributed by atoms with Crippen molar-refractivity contribution in [2.45, 2.75) is 45.4 Å². The third kappa shape index (κ3) is 5.78. The van der Waals surface area contributed by atoms with Crippen molar-refractivity contribution in [2.24, 2.45) is 0 Å². The van der Waals surface area contributed by atoms with Gasteiger partial charge in [-0.05, 0) is 6.42 Å². The highest BCUT2D eigenvalue weighted by molar-refractivity contribution is 9.09. The van der Waals surface area contributed by atoms with Crippen LogP contribution in [0.5, 0.6) is 0 Å². The molecule has 0 amide bonds. The maximum Gasteiger partial charge on any atom is 0.0894 e. The fraction of sp³-hybridized carbons (Fsp3) is 0.846. The number of unbranched alkanes of at least 4 members (excludes halogenated alkanes) is 5. The zero-order chi connectivity index (χ0) is 11.6. The second kappa shape index (κ2) is 8.91. The first-order valence-electron chi connectivity index (χ1n) is 6.59. The Balaban J connectivity index is 1.93. The van der Waals surface area contributed by atoms with Gasteiger partial charge in [0.2, 0.25) is 0 Å². The van der Waals surface area contributed by atoms with Crippen molar-refractivity contribution in [1.82, 2.24) is 9.80 Å². The van der Waals surface area contributed by atoms with E-state index in [2.05, 4.69) is 45.1 Å². The standard InChI is InChI=1S/C13H25BrN2/c1-2-3-4-5-6-7-9-15-11-12-16(13-15)10-8-14/h11-12H,2-10,13H2,1H3. The molecule has 0 aromatic carbocycles. The molecular formula is C13H25BrN2. The van der Waals surface area contributed by atoms with E-state index in [-0.39, 0.29) is 0 Å². The molecule has 0 fully saturated rings. The minimum absolute atomic E-state index is 1.06. The summed E-state index contributed by atoms with van der Waals surface area (Å²) in [6.45, 7) is 5.69. The van der Waals surface area contributed by atoms with Crippen LogP contribution in [0, 0.1) is 0 Å². The summed E-state index contributed by atoms with van der Waals surface area (Å²) in [7, 11) is 0. The lowest BCUT2D eigenvalue weighted by Crippen LogP contribution is -2.27. The van der Waals surface area contributed by atoms with E-state index in [0.717, 1.165) is 18.5 Å². The summed E-state index contributed by atoms with van der Waals surface area (Å²) in [6.07, 6.45) is 12.8. The van der Waals surface area contributed by atoms with Crippen molar-refractivity contribution in [3.05, 3.63) is 12.4 Å².